The van der Waals surface area contributed by atoms with Crippen molar-refractivity contribution in [2.45, 2.75) is 103 Å². The van der Waals surface area contributed by atoms with Crippen LogP contribution in [-0.2, 0) is 28.4 Å². The van der Waals surface area contributed by atoms with Crippen LogP contribution in [0.15, 0.2) is 0 Å². The van der Waals surface area contributed by atoms with Gasteiger partial charge in [-0.25, -0.2) is 0 Å². The average Bonchev–Trinajstić information content (AvgIpc) is 3.02. The van der Waals surface area contributed by atoms with Gasteiger partial charge in [0.05, 0.1) is 12.7 Å². The minimum Gasteiger partial charge on any atom is -0.348 e. The van der Waals surface area contributed by atoms with Crippen LogP contribution in [-0.4, -0.2) is 54.5 Å². The van der Waals surface area contributed by atoms with E-state index < -0.39 is 17.4 Å². The highest BCUT2D eigenvalue weighted by Crippen LogP contribution is 2.42. The fraction of sp³-hybridized carbons (Fsp3) is 1.00. The van der Waals surface area contributed by atoms with E-state index in [1.54, 1.807) is 0 Å². The highest BCUT2D eigenvalue weighted by molar-refractivity contribution is 4.98. The molecule has 0 bridgehead atoms. The Hall–Kier alpha value is -0.240. The third-order valence-electron chi connectivity index (χ3n) is 4.51. The van der Waals surface area contributed by atoms with Gasteiger partial charge in [-0.15, -0.1) is 0 Å². The molecule has 0 amide bonds. The lowest BCUT2D eigenvalue weighted by Gasteiger charge is -2.28. The van der Waals surface area contributed by atoms with Crippen LogP contribution in [0.3, 0.4) is 0 Å². The van der Waals surface area contributed by atoms with Crippen molar-refractivity contribution in [3.63, 3.8) is 0 Å². The topological polar surface area (TPSA) is 55.4 Å². The van der Waals surface area contributed by atoms with Gasteiger partial charge in [0.1, 0.15) is 24.4 Å². The summed E-state index contributed by atoms with van der Waals surface area (Å²) in [4.78, 5) is 0. The van der Waals surface area contributed by atoms with E-state index in [0.29, 0.717) is 6.61 Å². The molecule has 3 aliphatic rings. The summed E-state index contributed by atoms with van der Waals surface area (Å²) in [5.74, 6) is -1.89. The number of ether oxygens (including phenoxy) is 6. The van der Waals surface area contributed by atoms with Gasteiger partial charge < -0.3 is 28.4 Å². The molecule has 3 aliphatic heterocycles. The maximum Gasteiger partial charge on any atom is 0.164 e. The summed E-state index contributed by atoms with van der Waals surface area (Å²) in [6.07, 6.45) is -0.0298. The molecule has 6 heteroatoms. The number of hydrogen-bond donors (Lipinski definition) is 0. The summed E-state index contributed by atoms with van der Waals surface area (Å²) >= 11 is 0. The molecule has 5 atom stereocenters. The van der Waals surface area contributed by atoms with Crippen LogP contribution in [0.25, 0.3) is 0 Å². The summed E-state index contributed by atoms with van der Waals surface area (Å²) in [7, 11) is 0. The van der Waals surface area contributed by atoms with Gasteiger partial charge in [0.15, 0.2) is 17.4 Å². The van der Waals surface area contributed by atoms with Crippen molar-refractivity contribution in [1.29, 1.82) is 0 Å². The molecule has 3 fully saturated rings. The molecule has 0 radical (unpaired) electrons. The van der Waals surface area contributed by atoms with Gasteiger partial charge in [0.25, 0.3) is 0 Å². The van der Waals surface area contributed by atoms with Gasteiger partial charge in [-0.05, 0) is 48.0 Å². The van der Waals surface area contributed by atoms with Crippen LogP contribution in [0.4, 0.5) is 0 Å². The molecule has 3 saturated heterocycles. The summed E-state index contributed by atoms with van der Waals surface area (Å²) in [6, 6.07) is 0. The lowest BCUT2D eigenvalue weighted by atomic mass is 9.98. The highest BCUT2D eigenvalue weighted by Gasteiger charge is 2.57. The second-order valence-electron chi connectivity index (χ2n) is 7.98. The van der Waals surface area contributed by atoms with Crippen LogP contribution < -0.4 is 0 Å². The lowest BCUT2D eigenvalue weighted by Crippen LogP contribution is -2.47. The quantitative estimate of drug-likeness (QED) is 0.793. The molecule has 0 aromatic heterocycles. The molecule has 0 spiro atoms. The number of hydrogen-bond acceptors (Lipinski definition) is 6. The van der Waals surface area contributed by atoms with Gasteiger partial charge in [0, 0.05) is 0 Å². The Kier molecular flexibility index (Phi) is 4.31. The normalized spacial score (nSPS) is 44.7. The minimum absolute atomic E-state index is 0.0228. The lowest BCUT2D eigenvalue weighted by molar-refractivity contribution is -0.178. The van der Waals surface area contributed by atoms with Gasteiger partial charge in [-0.2, -0.15) is 0 Å². The smallest absolute Gasteiger partial charge is 0.164 e. The second kappa shape index (κ2) is 5.64. The first-order valence-electron chi connectivity index (χ1n) is 8.55. The predicted molar refractivity (Wildman–Crippen MR) is 82.8 cm³/mol. The van der Waals surface area contributed by atoms with Gasteiger partial charge >= 0.3 is 0 Å². The largest absolute Gasteiger partial charge is 0.348 e. The highest BCUT2D eigenvalue weighted by atomic mass is 16.8. The summed E-state index contributed by atoms with van der Waals surface area (Å²) < 4.78 is 36.2. The Morgan fingerprint density at radius 3 is 1.83 bits per heavy atom. The van der Waals surface area contributed by atoms with Crippen molar-refractivity contribution < 1.29 is 28.4 Å². The summed E-state index contributed by atoms with van der Waals surface area (Å²) in [6.45, 7) is 14.1. The van der Waals surface area contributed by atoms with Crippen molar-refractivity contribution in [2.24, 2.45) is 0 Å². The zero-order valence-corrected chi connectivity index (χ0v) is 15.3. The first kappa shape index (κ1) is 17.6. The number of rotatable bonds is 3. The zero-order chi connectivity index (χ0) is 17.0. The second-order valence-corrected chi connectivity index (χ2v) is 7.98. The van der Waals surface area contributed by atoms with Crippen LogP contribution >= 0.6 is 0 Å². The molecule has 6 nitrogen and oxygen atoms in total. The SMILES string of the molecule is CC[C@@H]1OC(C)(C)O[C@@H]1[C@H]1OC(C)(C)O[C@@H]1[C@H]1COC(C)(C)O1. The predicted octanol–water partition coefficient (Wildman–Crippen LogP) is 2.59. The average molecular weight is 330 g/mol. The third-order valence-corrected chi connectivity index (χ3v) is 4.51. The Balaban J connectivity index is 1.81. The van der Waals surface area contributed by atoms with E-state index >= 15 is 0 Å². The minimum atomic E-state index is -0.681. The van der Waals surface area contributed by atoms with Crippen molar-refractivity contribution in [3.8, 4) is 0 Å². The molecule has 0 unspecified atom stereocenters. The van der Waals surface area contributed by atoms with Crippen molar-refractivity contribution >= 4 is 0 Å². The van der Waals surface area contributed by atoms with E-state index in [1.165, 1.54) is 0 Å². The Labute approximate surface area is 138 Å². The van der Waals surface area contributed by atoms with Gasteiger partial charge in [-0.1, -0.05) is 6.92 Å². The third kappa shape index (κ3) is 3.57. The summed E-state index contributed by atoms with van der Waals surface area (Å²) in [5.41, 5.74) is 0. The van der Waals surface area contributed by atoms with E-state index in [-0.39, 0.29) is 30.5 Å². The first-order chi connectivity index (χ1) is 10.5. The molecular weight excluding hydrogens is 300 g/mol. The fourth-order valence-electron chi connectivity index (χ4n) is 3.69. The monoisotopic (exact) mass is 330 g/mol. The van der Waals surface area contributed by atoms with Crippen LogP contribution in [0.5, 0.6) is 0 Å². The molecule has 0 saturated carbocycles. The Bertz CT molecular complexity index is 446. The van der Waals surface area contributed by atoms with E-state index in [2.05, 4.69) is 6.92 Å². The molecular formula is C17H30O6. The van der Waals surface area contributed by atoms with Crippen LogP contribution in [0.2, 0.25) is 0 Å². The van der Waals surface area contributed by atoms with E-state index in [9.17, 15) is 0 Å². The van der Waals surface area contributed by atoms with Crippen molar-refractivity contribution in [3.05, 3.63) is 0 Å². The molecule has 134 valence electrons. The maximum atomic E-state index is 6.19. The van der Waals surface area contributed by atoms with E-state index in [1.807, 2.05) is 41.5 Å². The molecule has 23 heavy (non-hydrogen) atoms. The molecule has 0 aliphatic carbocycles. The fourth-order valence-corrected chi connectivity index (χ4v) is 3.69. The van der Waals surface area contributed by atoms with E-state index in [4.69, 9.17) is 28.4 Å². The molecule has 0 N–H and O–H groups in total. The zero-order valence-electron chi connectivity index (χ0n) is 15.3. The molecule has 3 heterocycles. The van der Waals surface area contributed by atoms with Gasteiger partial charge in [-0.3, -0.25) is 0 Å². The standard InChI is InChI=1S/C17H30O6/c1-8-10-12(21-16(4,5)19-10)14-13(22-17(6,7)23-14)11-9-18-15(2,3)20-11/h10-14H,8-9H2,1-7H3/t10-,11+,12-,13+,14+/m0/s1. The maximum absolute atomic E-state index is 6.19. The molecule has 0 aromatic carbocycles. The van der Waals surface area contributed by atoms with Crippen LogP contribution in [0, 0.1) is 0 Å². The molecule has 0 aromatic rings. The van der Waals surface area contributed by atoms with Gasteiger partial charge in [0.2, 0.25) is 0 Å². The van der Waals surface area contributed by atoms with Crippen molar-refractivity contribution in [1.82, 2.24) is 0 Å². The molecule has 3 rings (SSSR count). The van der Waals surface area contributed by atoms with E-state index in [0.717, 1.165) is 6.42 Å². The Morgan fingerprint density at radius 1 is 0.696 bits per heavy atom. The van der Waals surface area contributed by atoms with Crippen LogP contribution in [0.1, 0.15) is 54.9 Å². The summed E-state index contributed by atoms with van der Waals surface area (Å²) in [5, 5.41) is 0. The first-order valence-corrected chi connectivity index (χ1v) is 8.55. The van der Waals surface area contributed by atoms with Crippen molar-refractivity contribution in [2.75, 3.05) is 6.61 Å². The Morgan fingerprint density at radius 2 is 1.26 bits per heavy atom.